The number of thiocarbonyl (C=S) groups is 1. The fraction of sp³-hybridized carbons (Fsp3) is 0.278. The second-order valence-electron chi connectivity index (χ2n) is 5.98. The number of hydrogen-bond donors (Lipinski definition) is 2. The Balaban J connectivity index is 2.04. The standard InChI is InChI=1S/C18H19F3N2O2S2/c1-3-16(12-4-10-15(11-5-12)27(2,24)25)23-17(26)22-14-8-6-13(7-9-14)18(19,20)21/h4-11,16H,3H2,1-2H3,(H2,22,23,26). The Morgan fingerprint density at radius 3 is 2.07 bits per heavy atom. The number of sulfone groups is 1. The molecule has 0 aromatic heterocycles. The third kappa shape index (κ3) is 5.93. The first-order valence-electron chi connectivity index (χ1n) is 8.05. The molecular weight excluding hydrogens is 397 g/mol. The Morgan fingerprint density at radius 2 is 1.63 bits per heavy atom. The first-order valence-corrected chi connectivity index (χ1v) is 10.4. The van der Waals surface area contributed by atoms with Crippen molar-refractivity contribution < 1.29 is 21.6 Å². The predicted molar refractivity (Wildman–Crippen MR) is 103 cm³/mol. The molecule has 9 heteroatoms. The van der Waals surface area contributed by atoms with Crippen LogP contribution < -0.4 is 10.6 Å². The SMILES string of the molecule is CCC(NC(=S)Nc1ccc(C(F)(F)F)cc1)c1ccc(S(C)(=O)=O)cc1. The maximum absolute atomic E-state index is 12.6. The summed E-state index contributed by atoms with van der Waals surface area (Å²) in [5, 5.41) is 6.19. The van der Waals surface area contributed by atoms with E-state index in [2.05, 4.69) is 10.6 Å². The molecule has 2 aromatic carbocycles. The predicted octanol–water partition coefficient (Wildman–Crippen LogP) is 4.55. The van der Waals surface area contributed by atoms with E-state index in [-0.39, 0.29) is 16.0 Å². The molecule has 27 heavy (non-hydrogen) atoms. The highest BCUT2D eigenvalue weighted by Gasteiger charge is 2.29. The Labute approximate surface area is 161 Å². The van der Waals surface area contributed by atoms with Crippen molar-refractivity contribution in [2.24, 2.45) is 0 Å². The molecule has 0 aliphatic heterocycles. The van der Waals surface area contributed by atoms with Gasteiger partial charge in [0.05, 0.1) is 16.5 Å². The zero-order valence-corrected chi connectivity index (χ0v) is 16.3. The van der Waals surface area contributed by atoms with Crippen LogP contribution in [0.2, 0.25) is 0 Å². The van der Waals surface area contributed by atoms with Crippen molar-refractivity contribution in [1.82, 2.24) is 5.32 Å². The quantitative estimate of drug-likeness (QED) is 0.701. The monoisotopic (exact) mass is 416 g/mol. The number of rotatable bonds is 5. The van der Waals surface area contributed by atoms with Gasteiger partial charge in [-0.2, -0.15) is 13.2 Å². The van der Waals surface area contributed by atoms with Crippen LogP contribution in [0.3, 0.4) is 0 Å². The molecule has 4 nitrogen and oxygen atoms in total. The van der Waals surface area contributed by atoms with Crippen LogP contribution in [0.15, 0.2) is 53.4 Å². The molecule has 0 spiro atoms. The van der Waals surface area contributed by atoms with Crippen LogP contribution in [-0.2, 0) is 16.0 Å². The van der Waals surface area contributed by atoms with E-state index in [1.54, 1.807) is 12.1 Å². The molecule has 0 radical (unpaired) electrons. The number of anilines is 1. The Bertz CT molecular complexity index is 894. The van der Waals surface area contributed by atoms with Crippen molar-refractivity contribution in [2.45, 2.75) is 30.5 Å². The summed E-state index contributed by atoms with van der Waals surface area (Å²) in [4.78, 5) is 0.228. The van der Waals surface area contributed by atoms with Crippen LogP contribution in [0.4, 0.5) is 18.9 Å². The van der Waals surface area contributed by atoms with Crippen molar-refractivity contribution >= 4 is 32.9 Å². The van der Waals surface area contributed by atoms with E-state index < -0.39 is 21.6 Å². The van der Waals surface area contributed by atoms with Crippen LogP contribution in [0.25, 0.3) is 0 Å². The largest absolute Gasteiger partial charge is 0.416 e. The van der Waals surface area contributed by atoms with E-state index in [1.807, 2.05) is 6.92 Å². The molecule has 0 bridgehead atoms. The first kappa shape index (κ1) is 21.2. The molecule has 2 rings (SSSR count). The Kier molecular flexibility index (Phi) is 6.48. The highest BCUT2D eigenvalue weighted by atomic mass is 32.2. The van der Waals surface area contributed by atoms with Gasteiger partial charge < -0.3 is 10.6 Å². The van der Waals surface area contributed by atoms with Crippen LogP contribution in [0, 0.1) is 0 Å². The summed E-state index contributed by atoms with van der Waals surface area (Å²) in [7, 11) is -3.27. The number of nitrogens with one attached hydrogen (secondary N) is 2. The first-order chi connectivity index (χ1) is 12.5. The lowest BCUT2D eigenvalue weighted by atomic mass is 10.1. The minimum Gasteiger partial charge on any atom is -0.356 e. The van der Waals surface area contributed by atoms with Gasteiger partial charge in [-0.15, -0.1) is 0 Å². The van der Waals surface area contributed by atoms with E-state index in [4.69, 9.17) is 12.2 Å². The van der Waals surface area contributed by atoms with Crippen molar-refractivity contribution in [1.29, 1.82) is 0 Å². The van der Waals surface area contributed by atoms with Gasteiger partial charge in [-0.05, 0) is 60.6 Å². The minimum absolute atomic E-state index is 0.173. The van der Waals surface area contributed by atoms with Crippen LogP contribution >= 0.6 is 12.2 Å². The molecular formula is C18H19F3N2O2S2. The summed E-state index contributed by atoms with van der Waals surface area (Å²) in [6, 6.07) is 10.9. The van der Waals surface area contributed by atoms with Crippen molar-refractivity contribution in [3.63, 3.8) is 0 Å². The van der Waals surface area contributed by atoms with Gasteiger partial charge in [0.15, 0.2) is 14.9 Å². The van der Waals surface area contributed by atoms with E-state index in [0.717, 1.165) is 24.0 Å². The van der Waals surface area contributed by atoms with Gasteiger partial charge in [-0.3, -0.25) is 0 Å². The van der Waals surface area contributed by atoms with Crippen LogP contribution in [-0.4, -0.2) is 19.8 Å². The molecule has 0 amide bonds. The molecule has 0 saturated heterocycles. The van der Waals surface area contributed by atoms with Gasteiger partial charge in [0, 0.05) is 11.9 Å². The average molecular weight is 416 g/mol. The normalized spacial score (nSPS) is 13.1. The van der Waals surface area contributed by atoms with E-state index in [0.29, 0.717) is 12.1 Å². The summed E-state index contributed by atoms with van der Waals surface area (Å²) < 4.78 is 60.8. The summed E-state index contributed by atoms with van der Waals surface area (Å²) >= 11 is 5.23. The topological polar surface area (TPSA) is 58.2 Å². The average Bonchev–Trinajstić information content (AvgIpc) is 2.58. The molecule has 0 heterocycles. The van der Waals surface area contributed by atoms with Crippen molar-refractivity contribution in [3.8, 4) is 0 Å². The summed E-state index contributed by atoms with van der Waals surface area (Å²) in [5.41, 5.74) is 0.550. The minimum atomic E-state index is -4.39. The molecule has 0 saturated carbocycles. The molecule has 0 aliphatic rings. The van der Waals surface area contributed by atoms with Gasteiger partial charge in [0.25, 0.3) is 0 Å². The molecule has 2 aromatic rings. The zero-order valence-electron chi connectivity index (χ0n) is 14.7. The summed E-state index contributed by atoms with van der Waals surface area (Å²) in [6.45, 7) is 1.93. The second kappa shape index (κ2) is 8.26. The summed E-state index contributed by atoms with van der Waals surface area (Å²) in [6.07, 6.45) is -2.57. The molecule has 146 valence electrons. The van der Waals surface area contributed by atoms with E-state index >= 15 is 0 Å². The summed E-state index contributed by atoms with van der Waals surface area (Å²) in [5.74, 6) is 0. The molecule has 2 N–H and O–H groups in total. The maximum Gasteiger partial charge on any atom is 0.416 e. The number of halogens is 3. The van der Waals surface area contributed by atoms with E-state index in [9.17, 15) is 21.6 Å². The lowest BCUT2D eigenvalue weighted by molar-refractivity contribution is -0.137. The molecule has 0 aliphatic carbocycles. The molecule has 1 atom stereocenters. The van der Waals surface area contributed by atoms with Crippen molar-refractivity contribution in [2.75, 3.05) is 11.6 Å². The lowest BCUT2D eigenvalue weighted by Gasteiger charge is -2.20. The van der Waals surface area contributed by atoms with Gasteiger partial charge in [0.2, 0.25) is 0 Å². The third-order valence-corrected chi connectivity index (χ3v) is 5.24. The van der Waals surface area contributed by atoms with E-state index in [1.165, 1.54) is 24.3 Å². The lowest BCUT2D eigenvalue weighted by Crippen LogP contribution is -2.32. The number of alkyl halides is 3. The van der Waals surface area contributed by atoms with Crippen LogP contribution in [0.5, 0.6) is 0 Å². The molecule has 0 fully saturated rings. The molecule has 1 unspecified atom stereocenters. The Hall–Kier alpha value is -2.13. The second-order valence-corrected chi connectivity index (χ2v) is 8.40. The smallest absolute Gasteiger partial charge is 0.356 e. The maximum atomic E-state index is 12.6. The van der Waals surface area contributed by atoms with Crippen LogP contribution in [0.1, 0.15) is 30.5 Å². The van der Waals surface area contributed by atoms with Gasteiger partial charge in [-0.25, -0.2) is 8.42 Å². The fourth-order valence-electron chi connectivity index (χ4n) is 2.44. The zero-order chi connectivity index (χ0) is 20.2. The van der Waals surface area contributed by atoms with Gasteiger partial charge in [0.1, 0.15) is 0 Å². The van der Waals surface area contributed by atoms with Crippen molar-refractivity contribution in [3.05, 3.63) is 59.7 Å². The highest BCUT2D eigenvalue weighted by molar-refractivity contribution is 7.90. The number of benzene rings is 2. The third-order valence-electron chi connectivity index (χ3n) is 3.89. The van der Waals surface area contributed by atoms with Gasteiger partial charge in [-0.1, -0.05) is 19.1 Å². The number of hydrogen-bond acceptors (Lipinski definition) is 3. The Morgan fingerprint density at radius 1 is 1.07 bits per heavy atom. The highest BCUT2D eigenvalue weighted by Crippen LogP contribution is 2.29. The fourth-order valence-corrected chi connectivity index (χ4v) is 3.33. The van der Waals surface area contributed by atoms with Gasteiger partial charge >= 0.3 is 6.18 Å².